The second kappa shape index (κ2) is 6.03. The maximum atomic E-state index is 11.7. The molecule has 0 aliphatic heterocycles. The number of aliphatic carboxylic acids is 1. The molecule has 1 N–H and O–H groups in total. The average Bonchev–Trinajstić information content (AvgIpc) is 2.30. The summed E-state index contributed by atoms with van der Waals surface area (Å²) in [7, 11) is 0. The molecule has 1 rings (SSSR count). The summed E-state index contributed by atoms with van der Waals surface area (Å²) in [6, 6.07) is 7.49. The Balaban J connectivity index is 2.85. The van der Waals surface area contributed by atoms with Crippen molar-refractivity contribution >= 4 is 17.6 Å². The van der Waals surface area contributed by atoms with Gasteiger partial charge in [0.05, 0.1) is 6.42 Å². The normalized spacial score (nSPS) is 10.0. The summed E-state index contributed by atoms with van der Waals surface area (Å²) >= 11 is 0. The number of nitrogens with zero attached hydrogens (tertiary/aromatic N) is 1. The van der Waals surface area contributed by atoms with Crippen LogP contribution in [0.5, 0.6) is 0 Å². The number of hydrogen-bond donors (Lipinski definition) is 1. The molecule has 4 heteroatoms. The number of carbonyl (C=O) groups excluding carboxylic acids is 1. The van der Waals surface area contributed by atoms with E-state index in [0.717, 1.165) is 11.3 Å². The van der Waals surface area contributed by atoms with Crippen LogP contribution in [-0.2, 0) is 9.59 Å². The summed E-state index contributed by atoms with van der Waals surface area (Å²) in [5, 5.41) is 8.67. The first-order chi connectivity index (χ1) is 8.04. The maximum absolute atomic E-state index is 11.7. The van der Waals surface area contributed by atoms with Crippen LogP contribution in [0.3, 0.4) is 0 Å². The van der Waals surface area contributed by atoms with Crippen LogP contribution in [0.1, 0.15) is 25.3 Å². The SMILES string of the molecule is CCC(=O)N(CCC(=O)O)c1ccc(C)cc1. The van der Waals surface area contributed by atoms with E-state index in [1.54, 1.807) is 6.92 Å². The minimum absolute atomic E-state index is 0.0420. The Morgan fingerprint density at radius 1 is 1.24 bits per heavy atom. The maximum Gasteiger partial charge on any atom is 0.305 e. The van der Waals surface area contributed by atoms with Crippen molar-refractivity contribution < 1.29 is 14.7 Å². The highest BCUT2D eigenvalue weighted by atomic mass is 16.4. The zero-order chi connectivity index (χ0) is 12.8. The number of benzene rings is 1. The standard InChI is InChI=1S/C13H17NO3/c1-3-12(15)14(9-8-13(16)17)11-6-4-10(2)5-7-11/h4-7H,3,8-9H2,1-2H3,(H,16,17). The summed E-state index contributed by atoms with van der Waals surface area (Å²) in [6.07, 6.45) is 0.326. The van der Waals surface area contributed by atoms with Crippen molar-refractivity contribution in [3.63, 3.8) is 0 Å². The zero-order valence-corrected chi connectivity index (χ0v) is 10.1. The Labute approximate surface area is 101 Å². The van der Waals surface area contributed by atoms with Gasteiger partial charge in [0.15, 0.2) is 0 Å². The van der Waals surface area contributed by atoms with Gasteiger partial charge in [0.25, 0.3) is 0 Å². The smallest absolute Gasteiger partial charge is 0.305 e. The summed E-state index contributed by atoms with van der Waals surface area (Å²) in [6.45, 7) is 3.95. The predicted molar refractivity (Wildman–Crippen MR) is 66.1 cm³/mol. The highest BCUT2D eigenvalue weighted by Crippen LogP contribution is 2.16. The predicted octanol–water partition coefficient (Wildman–Crippen LogP) is 2.21. The number of rotatable bonds is 5. The molecule has 0 saturated carbocycles. The van der Waals surface area contributed by atoms with Crippen molar-refractivity contribution in [1.29, 1.82) is 0 Å². The molecule has 0 aliphatic rings. The van der Waals surface area contributed by atoms with Crippen LogP contribution < -0.4 is 4.90 Å². The van der Waals surface area contributed by atoms with Crippen LogP contribution in [0, 0.1) is 6.92 Å². The van der Waals surface area contributed by atoms with Gasteiger partial charge in [-0.15, -0.1) is 0 Å². The van der Waals surface area contributed by atoms with E-state index in [4.69, 9.17) is 5.11 Å². The van der Waals surface area contributed by atoms with Crippen molar-refractivity contribution in [2.24, 2.45) is 0 Å². The van der Waals surface area contributed by atoms with Crippen molar-refractivity contribution in [2.45, 2.75) is 26.7 Å². The molecular formula is C13H17NO3. The van der Waals surface area contributed by atoms with Crippen molar-refractivity contribution in [2.75, 3.05) is 11.4 Å². The number of carbonyl (C=O) groups is 2. The first-order valence-corrected chi connectivity index (χ1v) is 5.63. The van der Waals surface area contributed by atoms with Gasteiger partial charge in [-0.1, -0.05) is 24.6 Å². The highest BCUT2D eigenvalue weighted by molar-refractivity contribution is 5.93. The lowest BCUT2D eigenvalue weighted by Gasteiger charge is -2.21. The number of carboxylic acid groups (broad SMARTS) is 1. The van der Waals surface area contributed by atoms with E-state index in [9.17, 15) is 9.59 Å². The van der Waals surface area contributed by atoms with Crippen molar-refractivity contribution in [3.8, 4) is 0 Å². The van der Waals surface area contributed by atoms with Gasteiger partial charge in [-0.05, 0) is 19.1 Å². The molecule has 0 fully saturated rings. The van der Waals surface area contributed by atoms with Crippen LogP contribution in [-0.4, -0.2) is 23.5 Å². The number of aryl methyl sites for hydroxylation is 1. The van der Waals surface area contributed by atoms with E-state index >= 15 is 0 Å². The lowest BCUT2D eigenvalue weighted by Crippen LogP contribution is -2.32. The van der Waals surface area contributed by atoms with E-state index in [1.165, 1.54) is 4.90 Å². The number of amides is 1. The lowest BCUT2D eigenvalue weighted by molar-refractivity contribution is -0.136. The highest BCUT2D eigenvalue weighted by Gasteiger charge is 2.14. The molecular weight excluding hydrogens is 218 g/mol. The molecule has 92 valence electrons. The van der Waals surface area contributed by atoms with Crippen LogP contribution in [0.2, 0.25) is 0 Å². The summed E-state index contributed by atoms with van der Waals surface area (Å²) < 4.78 is 0. The van der Waals surface area contributed by atoms with E-state index in [-0.39, 0.29) is 18.9 Å². The molecule has 1 aromatic rings. The summed E-state index contributed by atoms with van der Waals surface area (Å²) in [5.74, 6) is -0.957. The summed E-state index contributed by atoms with van der Waals surface area (Å²) in [4.78, 5) is 23.8. The minimum atomic E-state index is -0.897. The van der Waals surface area contributed by atoms with E-state index in [2.05, 4.69) is 0 Å². The second-order valence-electron chi connectivity index (χ2n) is 3.88. The van der Waals surface area contributed by atoms with Gasteiger partial charge < -0.3 is 10.0 Å². The first kappa shape index (κ1) is 13.2. The molecule has 0 aliphatic carbocycles. The Hall–Kier alpha value is -1.84. The monoisotopic (exact) mass is 235 g/mol. The van der Waals surface area contributed by atoms with E-state index in [1.807, 2.05) is 31.2 Å². The van der Waals surface area contributed by atoms with E-state index in [0.29, 0.717) is 6.42 Å². The van der Waals surface area contributed by atoms with Crippen LogP contribution >= 0.6 is 0 Å². The number of carboxylic acids is 1. The lowest BCUT2D eigenvalue weighted by atomic mass is 10.2. The second-order valence-corrected chi connectivity index (χ2v) is 3.88. The quantitative estimate of drug-likeness (QED) is 0.851. The Kier molecular flexibility index (Phi) is 4.69. The minimum Gasteiger partial charge on any atom is -0.481 e. The fourth-order valence-electron chi connectivity index (χ4n) is 1.52. The van der Waals surface area contributed by atoms with Crippen molar-refractivity contribution in [3.05, 3.63) is 29.8 Å². The van der Waals surface area contributed by atoms with Gasteiger partial charge in [-0.2, -0.15) is 0 Å². The van der Waals surface area contributed by atoms with Crippen LogP contribution in [0.15, 0.2) is 24.3 Å². The Bertz CT molecular complexity index is 398. The third-order valence-electron chi connectivity index (χ3n) is 2.50. The van der Waals surface area contributed by atoms with Gasteiger partial charge in [-0.3, -0.25) is 9.59 Å². The fourth-order valence-corrected chi connectivity index (χ4v) is 1.52. The number of anilines is 1. The summed E-state index contributed by atoms with van der Waals surface area (Å²) in [5.41, 5.74) is 1.86. The molecule has 0 radical (unpaired) electrons. The van der Waals surface area contributed by atoms with E-state index < -0.39 is 5.97 Å². The van der Waals surface area contributed by atoms with Crippen molar-refractivity contribution in [1.82, 2.24) is 0 Å². The van der Waals surface area contributed by atoms with Gasteiger partial charge in [0.1, 0.15) is 0 Å². The number of hydrogen-bond acceptors (Lipinski definition) is 2. The van der Waals surface area contributed by atoms with Gasteiger partial charge in [0, 0.05) is 18.7 Å². The molecule has 0 bridgehead atoms. The molecule has 0 aromatic heterocycles. The third kappa shape index (κ3) is 3.90. The molecule has 0 unspecified atom stereocenters. The largest absolute Gasteiger partial charge is 0.481 e. The molecule has 0 atom stereocenters. The Morgan fingerprint density at radius 2 is 1.82 bits per heavy atom. The Morgan fingerprint density at radius 3 is 2.29 bits per heavy atom. The molecule has 0 saturated heterocycles. The molecule has 17 heavy (non-hydrogen) atoms. The van der Waals surface area contributed by atoms with Crippen LogP contribution in [0.4, 0.5) is 5.69 Å². The third-order valence-corrected chi connectivity index (χ3v) is 2.50. The molecule has 0 heterocycles. The molecule has 4 nitrogen and oxygen atoms in total. The zero-order valence-electron chi connectivity index (χ0n) is 10.1. The van der Waals surface area contributed by atoms with Gasteiger partial charge in [0.2, 0.25) is 5.91 Å². The fraction of sp³-hybridized carbons (Fsp3) is 0.385. The first-order valence-electron chi connectivity index (χ1n) is 5.63. The molecule has 0 spiro atoms. The molecule has 1 amide bonds. The molecule has 1 aromatic carbocycles. The topological polar surface area (TPSA) is 57.6 Å². The average molecular weight is 235 g/mol. The van der Waals surface area contributed by atoms with Crippen LogP contribution in [0.25, 0.3) is 0 Å². The van der Waals surface area contributed by atoms with Gasteiger partial charge >= 0.3 is 5.97 Å². The van der Waals surface area contributed by atoms with Gasteiger partial charge in [-0.25, -0.2) is 0 Å².